The molecule has 1 aliphatic rings. The minimum Gasteiger partial charge on any atom is -0.494 e. The van der Waals surface area contributed by atoms with Crippen LogP contribution >= 0.6 is 0 Å². The minimum absolute atomic E-state index is 0.726. The van der Waals surface area contributed by atoms with Gasteiger partial charge in [-0.25, -0.2) is 0 Å². The monoisotopic (exact) mass is 248 g/mol. The van der Waals surface area contributed by atoms with Gasteiger partial charge in [0.1, 0.15) is 5.75 Å². The van der Waals surface area contributed by atoms with E-state index in [4.69, 9.17) is 10.5 Å². The number of rotatable bonds is 6. The van der Waals surface area contributed by atoms with E-state index in [-0.39, 0.29) is 0 Å². The molecule has 0 aliphatic carbocycles. The fourth-order valence-corrected chi connectivity index (χ4v) is 2.63. The van der Waals surface area contributed by atoms with Gasteiger partial charge in [0.2, 0.25) is 0 Å². The zero-order chi connectivity index (χ0) is 12.8. The highest BCUT2D eigenvalue weighted by molar-refractivity contribution is 5.49. The molecule has 3 heteroatoms. The summed E-state index contributed by atoms with van der Waals surface area (Å²) in [4.78, 5) is 2.47. The van der Waals surface area contributed by atoms with Crippen LogP contribution in [-0.4, -0.2) is 26.2 Å². The summed E-state index contributed by atoms with van der Waals surface area (Å²) in [5.41, 5.74) is 6.88. The van der Waals surface area contributed by atoms with Gasteiger partial charge in [0.15, 0.2) is 0 Å². The molecular weight excluding hydrogens is 224 g/mol. The predicted molar refractivity (Wildman–Crippen MR) is 76.2 cm³/mol. The Bertz CT molecular complexity index is 350. The number of anilines is 1. The van der Waals surface area contributed by atoms with E-state index >= 15 is 0 Å². The predicted octanol–water partition coefficient (Wildman–Crippen LogP) is 2.65. The summed E-state index contributed by atoms with van der Waals surface area (Å²) < 4.78 is 5.47. The maximum absolute atomic E-state index is 5.57. The van der Waals surface area contributed by atoms with Crippen LogP contribution in [0.25, 0.3) is 0 Å². The van der Waals surface area contributed by atoms with Crippen molar-refractivity contribution in [3.05, 3.63) is 24.3 Å². The first-order chi connectivity index (χ1) is 8.83. The fourth-order valence-electron chi connectivity index (χ4n) is 2.63. The van der Waals surface area contributed by atoms with Crippen LogP contribution in [-0.2, 0) is 0 Å². The van der Waals surface area contributed by atoms with Crippen LogP contribution < -0.4 is 15.4 Å². The van der Waals surface area contributed by atoms with E-state index in [0.29, 0.717) is 0 Å². The number of nitrogens with zero attached hydrogens (tertiary/aromatic N) is 1. The number of benzene rings is 1. The molecule has 100 valence electrons. The fraction of sp³-hybridized carbons (Fsp3) is 0.600. The Morgan fingerprint density at radius 2 is 2.11 bits per heavy atom. The topological polar surface area (TPSA) is 38.5 Å². The molecule has 2 N–H and O–H groups in total. The lowest BCUT2D eigenvalue weighted by Crippen LogP contribution is -2.19. The van der Waals surface area contributed by atoms with Crippen molar-refractivity contribution < 1.29 is 4.74 Å². The highest BCUT2D eigenvalue weighted by Crippen LogP contribution is 2.27. The maximum Gasteiger partial charge on any atom is 0.119 e. The second-order valence-corrected chi connectivity index (χ2v) is 4.96. The molecule has 1 aliphatic heterocycles. The van der Waals surface area contributed by atoms with E-state index in [2.05, 4.69) is 29.2 Å². The van der Waals surface area contributed by atoms with Crippen molar-refractivity contribution in [1.29, 1.82) is 0 Å². The van der Waals surface area contributed by atoms with Gasteiger partial charge in [-0.2, -0.15) is 0 Å². The molecule has 0 aromatic heterocycles. The van der Waals surface area contributed by atoms with Gasteiger partial charge in [-0.1, -0.05) is 0 Å². The third-order valence-corrected chi connectivity index (χ3v) is 3.62. The highest BCUT2D eigenvalue weighted by Gasteiger charge is 2.21. The van der Waals surface area contributed by atoms with E-state index in [9.17, 15) is 0 Å². The summed E-state index contributed by atoms with van der Waals surface area (Å²) in [5.74, 6) is 1.78. The molecule has 1 aromatic carbocycles. The molecule has 18 heavy (non-hydrogen) atoms. The van der Waals surface area contributed by atoms with Crippen LogP contribution in [0.4, 0.5) is 5.69 Å². The Morgan fingerprint density at radius 1 is 1.33 bits per heavy atom. The van der Waals surface area contributed by atoms with Gasteiger partial charge in [0, 0.05) is 18.8 Å². The summed E-state index contributed by atoms with van der Waals surface area (Å²) >= 11 is 0. The standard InChI is InChI=1S/C15H24N2O/c1-2-18-15-7-5-14(6-8-15)17-11-9-13(12-17)4-3-10-16/h5-8,13H,2-4,9-12,16H2,1H3. The Labute approximate surface area is 110 Å². The van der Waals surface area contributed by atoms with Crippen molar-refractivity contribution >= 4 is 5.69 Å². The molecule has 0 saturated carbocycles. The Kier molecular flexibility index (Phi) is 4.88. The summed E-state index contributed by atoms with van der Waals surface area (Å²) in [7, 11) is 0. The van der Waals surface area contributed by atoms with Gasteiger partial charge in [0.25, 0.3) is 0 Å². The number of ether oxygens (including phenoxy) is 1. The first-order valence-electron chi connectivity index (χ1n) is 7.01. The molecule has 1 saturated heterocycles. The van der Waals surface area contributed by atoms with E-state index in [1.54, 1.807) is 0 Å². The lowest BCUT2D eigenvalue weighted by molar-refractivity contribution is 0.340. The van der Waals surface area contributed by atoms with Crippen molar-refractivity contribution in [1.82, 2.24) is 0 Å². The van der Waals surface area contributed by atoms with Gasteiger partial charge in [-0.15, -0.1) is 0 Å². The lowest BCUT2D eigenvalue weighted by Gasteiger charge is -2.19. The number of hydrogen-bond acceptors (Lipinski definition) is 3. The van der Waals surface area contributed by atoms with Crippen LogP contribution in [0.15, 0.2) is 24.3 Å². The quantitative estimate of drug-likeness (QED) is 0.841. The smallest absolute Gasteiger partial charge is 0.119 e. The Balaban J connectivity index is 1.88. The molecule has 1 fully saturated rings. The molecular formula is C15H24N2O. The molecule has 3 nitrogen and oxygen atoms in total. The van der Waals surface area contributed by atoms with Crippen LogP contribution in [0.3, 0.4) is 0 Å². The third-order valence-electron chi connectivity index (χ3n) is 3.62. The number of nitrogens with two attached hydrogens (primary N) is 1. The molecule has 0 bridgehead atoms. The minimum atomic E-state index is 0.726. The summed E-state index contributed by atoms with van der Waals surface area (Å²) in [6.07, 6.45) is 3.72. The Hall–Kier alpha value is -1.22. The molecule has 2 rings (SSSR count). The van der Waals surface area contributed by atoms with Gasteiger partial charge in [-0.3, -0.25) is 0 Å². The lowest BCUT2D eigenvalue weighted by atomic mass is 10.0. The number of hydrogen-bond donors (Lipinski definition) is 1. The zero-order valence-corrected chi connectivity index (χ0v) is 11.3. The van der Waals surface area contributed by atoms with Crippen molar-refractivity contribution in [2.45, 2.75) is 26.2 Å². The first kappa shape index (κ1) is 13.2. The van der Waals surface area contributed by atoms with E-state index in [1.807, 2.05) is 6.92 Å². The summed E-state index contributed by atoms with van der Waals surface area (Å²) in [6, 6.07) is 8.45. The third kappa shape index (κ3) is 3.39. The summed E-state index contributed by atoms with van der Waals surface area (Å²) in [5, 5.41) is 0. The van der Waals surface area contributed by atoms with E-state index in [0.717, 1.165) is 31.2 Å². The van der Waals surface area contributed by atoms with Gasteiger partial charge >= 0.3 is 0 Å². The molecule has 1 aromatic rings. The normalized spacial score (nSPS) is 19.2. The van der Waals surface area contributed by atoms with Crippen LogP contribution in [0.1, 0.15) is 26.2 Å². The summed E-state index contributed by atoms with van der Waals surface area (Å²) in [6.45, 7) is 5.90. The average Bonchev–Trinajstić information content (AvgIpc) is 2.86. The second kappa shape index (κ2) is 6.64. The molecule has 0 amide bonds. The van der Waals surface area contributed by atoms with E-state index in [1.165, 1.54) is 31.6 Å². The average molecular weight is 248 g/mol. The van der Waals surface area contributed by atoms with Gasteiger partial charge in [-0.05, 0) is 62.9 Å². The van der Waals surface area contributed by atoms with Crippen molar-refractivity contribution in [2.24, 2.45) is 11.7 Å². The van der Waals surface area contributed by atoms with E-state index < -0.39 is 0 Å². The first-order valence-corrected chi connectivity index (χ1v) is 7.01. The van der Waals surface area contributed by atoms with Crippen LogP contribution in [0.2, 0.25) is 0 Å². The van der Waals surface area contributed by atoms with Crippen LogP contribution in [0, 0.1) is 5.92 Å². The van der Waals surface area contributed by atoms with Crippen LogP contribution in [0.5, 0.6) is 5.75 Å². The SMILES string of the molecule is CCOc1ccc(N2CCC(CCCN)C2)cc1. The maximum atomic E-state index is 5.57. The van der Waals surface area contributed by atoms with Gasteiger partial charge < -0.3 is 15.4 Å². The van der Waals surface area contributed by atoms with Crippen molar-refractivity contribution in [3.8, 4) is 5.75 Å². The highest BCUT2D eigenvalue weighted by atomic mass is 16.5. The zero-order valence-electron chi connectivity index (χ0n) is 11.3. The van der Waals surface area contributed by atoms with Crippen molar-refractivity contribution in [3.63, 3.8) is 0 Å². The molecule has 1 atom stereocenters. The molecule has 1 heterocycles. The molecule has 0 radical (unpaired) electrons. The molecule has 0 spiro atoms. The largest absolute Gasteiger partial charge is 0.494 e. The van der Waals surface area contributed by atoms with Gasteiger partial charge in [0.05, 0.1) is 6.61 Å². The van der Waals surface area contributed by atoms with Crippen molar-refractivity contribution in [2.75, 3.05) is 31.1 Å². The Morgan fingerprint density at radius 3 is 2.78 bits per heavy atom. The molecule has 1 unspecified atom stereocenters. The second-order valence-electron chi connectivity index (χ2n) is 4.96.